The first-order valence-corrected chi connectivity index (χ1v) is 13.7. The van der Waals surface area contributed by atoms with Crippen LogP contribution >= 0.6 is 0 Å². The summed E-state index contributed by atoms with van der Waals surface area (Å²) in [4.78, 5) is 0. The van der Waals surface area contributed by atoms with Crippen molar-refractivity contribution < 1.29 is 32.7 Å². The Morgan fingerprint density at radius 1 is 0.526 bits per heavy atom. The van der Waals surface area contributed by atoms with Gasteiger partial charge < -0.3 is 0 Å². The van der Waals surface area contributed by atoms with E-state index < -0.39 is 16.1 Å². The molecular formula is C16H26Si2Y-2. The number of hydrogen-bond donors (Lipinski definition) is 0. The quantitative estimate of drug-likeness (QED) is 0.561. The van der Waals surface area contributed by atoms with Crippen LogP contribution in [0, 0.1) is 0 Å². The topological polar surface area (TPSA) is 0 Å². The predicted molar refractivity (Wildman–Crippen MR) is 90.0 cm³/mol. The second kappa shape index (κ2) is 7.87. The Labute approximate surface area is 146 Å². The van der Waals surface area contributed by atoms with E-state index in [4.69, 9.17) is 0 Å². The minimum absolute atomic E-state index is 0. The van der Waals surface area contributed by atoms with Crippen LogP contribution in [0.25, 0.3) is 0 Å². The summed E-state index contributed by atoms with van der Waals surface area (Å²) in [6.45, 7) is 14.2. The summed E-state index contributed by atoms with van der Waals surface area (Å²) in [6, 6.07) is 17.4. The molecule has 1 radical (unpaired) electrons. The van der Waals surface area contributed by atoms with E-state index in [9.17, 15) is 0 Å². The van der Waals surface area contributed by atoms with E-state index in [1.165, 1.54) is 0 Å². The Morgan fingerprint density at radius 3 is 0.842 bits per heavy atom. The van der Waals surface area contributed by atoms with Crippen LogP contribution in [0.4, 0.5) is 0 Å². The molecule has 0 aliphatic carbocycles. The van der Waals surface area contributed by atoms with Crippen molar-refractivity contribution >= 4 is 26.5 Å². The minimum Gasteiger partial charge on any atom is -0.214 e. The molecule has 0 saturated heterocycles. The average Bonchev–Trinajstić information content (AvgIpc) is 2.91. The molecule has 0 amide bonds. The third-order valence-corrected chi connectivity index (χ3v) is 7.19. The SMILES string of the molecule is C[Si](C)(C)[c-]1cccc1.C[Si](C)(C)[c-]1cccc1.[Y]. The van der Waals surface area contributed by atoms with Gasteiger partial charge in [-0.15, -0.1) is 0 Å². The van der Waals surface area contributed by atoms with E-state index >= 15 is 0 Å². The summed E-state index contributed by atoms with van der Waals surface area (Å²) in [5, 5.41) is 3.12. The Balaban J connectivity index is 0.000000324. The molecule has 0 saturated carbocycles. The fourth-order valence-electron chi connectivity index (χ4n) is 1.75. The zero-order chi connectivity index (χ0) is 13.8. The van der Waals surface area contributed by atoms with Crippen LogP contribution in [0.5, 0.6) is 0 Å². The van der Waals surface area contributed by atoms with Crippen LogP contribution in [-0.4, -0.2) is 16.1 Å². The van der Waals surface area contributed by atoms with E-state index in [1.807, 2.05) is 0 Å². The molecule has 103 valence electrons. The molecule has 3 heteroatoms. The monoisotopic (exact) mass is 363 g/mol. The van der Waals surface area contributed by atoms with Crippen molar-refractivity contribution in [2.45, 2.75) is 39.3 Å². The first-order valence-electron chi connectivity index (χ1n) is 6.65. The molecule has 0 aliphatic heterocycles. The number of hydrogen-bond acceptors (Lipinski definition) is 0. The van der Waals surface area contributed by atoms with Crippen LogP contribution < -0.4 is 10.4 Å². The Kier molecular flexibility index (Phi) is 7.97. The number of rotatable bonds is 2. The molecule has 0 nitrogen and oxygen atoms in total. The van der Waals surface area contributed by atoms with Crippen molar-refractivity contribution in [3.8, 4) is 0 Å². The van der Waals surface area contributed by atoms with Gasteiger partial charge in [0.1, 0.15) is 0 Å². The third kappa shape index (κ3) is 6.98. The first-order chi connectivity index (χ1) is 8.21. The van der Waals surface area contributed by atoms with E-state index in [1.54, 1.807) is 10.4 Å². The van der Waals surface area contributed by atoms with Crippen molar-refractivity contribution in [3.05, 3.63) is 48.5 Å². The van der Waals surface area contributed by atoms with Gasteiger partial charge in [-0.1, -0.05) is 39.3 Å². The van der Waals surface area contributed by atoms with Crippen LogP contribution in [0.1, 0.15) is 0 Å². The van der Waals surface area contributed by atoms with Gasteiger partial charge in [0.05, 0.1) is 0 Å². The zero-order valence-electron chi connectivity index (χ0n) is 13.2. The van der Waals surface area contributed by atoms with Gasteiger partial charge in [-0.3, -0.25) is 0 Å². The smallest absolute Gasteiger partial charge is 0.0147 e. The molecule has 0 spiro atoms. The fourth-order valence-corrected chi connectivity index (χ4v) is 4.13. The first kappa shape index (κ1) is 19.2. The van der Waals surface area contributed by atoms with Gasteiger partial charge >= 0.3 is 0 Å². The maximum absolute atomic E-state index is 2.36. The van der Waals surface area contributed by atoms with Crippen LogP contribution in [0.3, 0.4) is 0 Å². The normalized spacial score (nSPS) is 11.3. The van der Waals surface area contributed by atoms with Gasteiger partial charge in [0.15, 0.2) is 0 Å². The second-order valence-electron chi connectivity index (χ2n) is 6.85. The molecule has 0 aliphatic rings. The molecule has 0 atom stereocenters. The van der Waals surface area contributed by atoms with Crippen LogP contribution in [0.15, 0.2) is 48.5 Å². The van der Waals surface area contributed by atoms with E-state index in [0.717, 1.165) is 0 Å². The summed E-state index contributed by atoms with van der Waals surface area (Å²) in [7, 11) is -1.96. The second-order valence-corrected chi connectivity index (χ2v) is 17.0. The maximum atomic E-state index is 2.36. The Bertz CT molecular complexity index is 384. The molecule has 0 bridgehead atoms. The molecule has 2 aromatic carbocycles. The molecule has 2 rings (SSSR count). The van der Waals surface area contributed by atoms with Crippen molar-refractivity contribution in [3.63, 3.8) is 0 Å². The van der Waals surface area contributed by atoms with Crippen molar-refractivity contribution in [2.24, 2.45) is 0 Å². The Hall–Kier alpha value is 0.238. The molecule has 2 aromatic rings. The standard InChI is InChI=1S/2C8H13Si.Y/c2*1-9(2,3)8-6-4-5-7-8;/h2*4-7H,1-3H3;/q2*-1;. The largest absolute Gasteiger partial charge is 0.214 e. The molecule has 0 fully saturated rings. The van der Waals surface area contributed by atoms with Gasteiger partial charge in [0.2, 0.25) is 0 Å². The molecule has 0 N–H and O–H groups in total. The van der Waals surface area contributed by atoms with Gasteiger partial charge in [0, 0.05) is 48.9 Å². The van der Waals surface area contributed by atoms with Gasteiger partial charge in [-0.25, -0.2) is 24.3 Å². The molecule has 19 heavy (non-hydrogen) atoms. The van der Waals surface area contributed by atoms with E-state index in [0.29, 0.717) is 0 Å². The molecule has 0 unspecified atom stereocenters. The zero-order valence-corrected chi connectivity index (χ0v) is 18.0. The van der Waals surface area contributed by atoms with Gasteiger partial charge in [-0.05, 0) is 0 Å². The van der Waals surface area contributed by atoms with Crippen LogP contribution in [0.2, 0.25) is 39.3 Å². The summed E-state index contributed by atoms with van der Waals surface area (Å²) in [5.41, 5.74) is 0. The summed E-state index contributed by atoms with van der Waals surface area (Å²) >= 11 is 0. The maximum Gasteiger partial charge on any atom is 0.0147 e. The fraction of sp³-hybridized carbons (Fsp3) is 0.375. The average molecular weight is 363 g/mol. The molecule has 0 aromatic heterocycles. The summed E-state index contributed by atoms with van der Waals surface area (Å²) < 4.78 is 0. The van der Waals surface area contributed by atoms with Crippen LogP contribution in [-0.2, 0) is 32.7 Å². The summed E-state index contributed by atoms with van der Waals surface area (Å²) in [5.74, 6) is 0. The molecule has 0 heterocycles. The van der Waals surface area contributed by atoms with Crippen molar-refractivity contribution in [2.75, 3.05) is 0 Å². The predicted octanol–water partition coefficient (Wildman–Crippen LogP) is 3.90. The Morgan fingerprint density at radius 2 is 0.737 bits per heavy atom. The van der Waals surface area contributed by atoms with Gasteiger partial charge in [-0.2, -0.15) is 34.6 Å². The summed E-state index contributed by atoms with van der Waals surface area (Å²) in [6.07, 6.45) is 0. The molecular weight excluding hydrogens is 337 g/mol. The van der Waals surface area contributed by atoms with Crippen molar-refractivity contribution in [1.29, 1.82) is 0 Å². The minimum atomic E-state index is -0.981. The van der Waals surface area contributed by atoms with Crippen molar-refractivity contribution in [1.82, 2.24) is 0 Å². The van der Waals surface area contributed by atoms with E-state index in [-0.39, 0.29) is 32.7 Å². The van der Waals surface area contributed by atoms with E-state index in [2.05, 4.69) is 87.8 Å². The third-order valence-electron chi connectivity index (χ3n) is 3.06. The van der Waals surface area contributed by atoms with Gasteiger partial charge in [0.25, 0.3) is 0 Å².